The molecule has 2 atom stereocenters. The van der Waals surface area contributed by atoms with Gasteiger partial charge in [-0.15, -0.1) is 0 Å². The van der Waals surface area contributed by atoms with Gasteiger partial charge in [0.2, 0.25) is 0 Å². The van der Waals surface area contributed by atoms with Gasteiger partial charge in [0.25, 0.3) is 0 Å². The summed E-state index contributed by atoms with van der Waals surface area (Å²) in [5.74, 6) is -1.56. The maximum absolute atomic E-state index is 13.8. The van der Waals surface area contributed by atoms with Gasteiger partial charge in [-0.05, 0) is 26.3 Å². The molecule has 1 heterocycles. The van der Waals surface area contributed by atoms with Crippen LogP contribution in [0, 0.1) is 11.6 Å². The number of halogens is 2. The quantitative estimate of drug-likeness (QED) is 0.860. The third kappa shape index (κ3) is 2.19. The van der Waals surface area contributed by atoms with Crippen LogP contribution < -0.4 is 5.73 Å². The molecule has 0 aromatic heterocycles. The zero-order valence-electron chi connectivity index (χ0n) is 10.2. The lowest BCUT2D eigenvalue weighted by Crippen LogP contribution is -2.36. The second kappa shape index (κ2) is 4.70. The Hall–Kier alpha value is -1.00. The van der Waals surface area contributed by atoms with Crippen molar-refractivity contribution in [2.24, 2.45) is 5.73 Å². The first-order chi connectivity index (χ1) is 8.02. The third-order valence-corrected chi connectivity index (χ3v) is 3.45. The Labute approximate surface area is 100 Å². The van der Waals surface area contributed by atoms with Gasteiger partial charge in [-0.3, -0.25) is 4.90 Å². The molecule has 1 aromatic rings. The predicted octanol–water partition coefficient (Wildman–Crippen LogP) is 2.45. The summed E-state index contributed by atoms with van der Waals surface area (Å²) in [6, 6.07) is 4.23. The molecule has 0 spiro atoms. The van der Waals surface area contributed by atoms with E-state index in [1.54, 1.807) is 6.07 Å². The standard InChI is InChI=1S/C13H18F2N2/c1-8(2)17-7-6-11(16)13(17)9-4-3-5-10(14)12(9)15/h3-5,8,11,13H,6-7,16H2,1-2H3. The van der Waals surface area contributed by atoms with Crippen molar-refractivity contribution in [3.05, 3.63) is 35.4 Å². The molecule has 1 fully saturated rings. The van der Waals surface area contributed by atoms with Gasteiger partial charge in [-0.1, -0.05) is 12.1 Å². The Morgan fingerprint density at radius 3 is 2.71 bits per heavy atom. The number of hydrogen-bond acceptors (Lipinski definition) is 2. The van der Waals surface area contributed by atoms with Crippen molar-refractivity contribution in [1.82, 2.24) is 4.90 Å². The van der Waals surface area contributed by atoms with Crippen molar-refractivity contribution in [3.8, 4) is 0 Å². The fourth-order valence-electron chi connectivity index (χ4n) is 2.58. The molecule has 0 saturated carbocycles. The maximum Gasteiger partial charge on any atom is 0.163 e. The SMILES string of the molecule is CC(C)N1CCC(N)C1c1cccc(F)c1F. The summed E-state index contributed by atoms with van der Waals surface area (Å²) in [4.78, 5) is 2.13. The molecule has 1 aliphatic rings. The Morgan fingerprint density at radius 2 is 2.06 bits per heavy atom. The first-order valence-electron chi connectivity index (χ1n) is 5.97. The van der Waals surface area contributed by atoms with Gasteiger partial charge >= 0.3 is 0 Å². The number of rotatable bonds is 2. The molecule has 94 valence electrons. The number of nitrogens with two attached hydrogens (primary N) is 1. The van der Waals surface area contributed by atoms with E-state index in [-0.39, 0.29) is 18.1 Å². The lowest BCUT2D eigenvalue weighted by molar-refractivity contribution is 0.193. The summed E-state index contributed by atoms with van der Waals surface area (Å²) in [6.07, 6.45) is 0.818. The van der Waals surface area contributed by atoms with Crippen LogP contribution in [0.5, 0.6) is 0 Å². The van der Waals surface area contributed by atoms with Gasteiger partial charge in [0.1, 0.15) is 0 Å². The number of hydrogen-bond donors (Lipinski definition) is 1. The minimum atomic E-state index is -0.801. The van der Waals surface area contributed by atoms with Gasteiger partial charge in [0.15, 0.2) is 11.6 Å². The average Bonchev–Trinajstić information content (AvgIpc) is 2.65. The van der Waals surface area contributed by atoms with Crippen LogP contribution >= 0.6 is 0 Å². The molecule has 17 heavy (non-hydrogen) atoms. The van der Waals surface area contributed by atoms with Gasteiger partial charge in [-0.25, -0.2) is 8.78 Å². The van der Waals surface area contributed by atoms with Crippen LogP contribution in [0.25, 0.3) is 0 Å². The van der Waals surface area contributed by atoms with Crippen molar-refractivity contribution < 1.29 is 8.78 Å². The van der Waals surface area contributed by atoms with E-state index in [0.717, 1.165) is 19.0 Å². The average molecular weight is 240 g/mol. The van der Waals surface area contributed by atoms with Crippen LogP contribution in [0.4, 0.5) is 8.78 Å². The summed E-state index contributed by atoms with van der Waals surface area (Å²) in [5.41, 5.74) is 6.41. The largest absolute Gasteiger partial charge is 0.326 e. The highest BCUT2D eigenvalue weighted by molar-refractivity contribution is 5.25. The summed E-state index contributed by atoms with van der Waals surface area (Å²) in [5, 5.41) is 0. The molecule has 0 radical (unpaired) electrons. The van der Waals surface area contributed by atoms with Crippen LogP contribution in [-0.2, 0) is 0 Å². The molecule has 1 saturated heterocycles. The molecule has 2 nitrogen and oxygen atoms in total. The third-order valence-electron chi connectivity index (χ3n) is 3.45. The summed E-state index contributed by atoms with van der Waals surface area (Å²) < 4.78 is 27.1. The number of likely N-dealkylation sites (tertiary alicyclic amines) is 1. The molecule has 2 N–H and O–H groups in total. The minimum absolute atomic E-state index is 0.131. The molecule has 0 aliphatic carbocycles. The fourth-order valence-corrected chi connectivity index (χ4v) is 2.58. The Bertz CT molecular complexity index is 406. The van der Waals surface area contributed by atoms with Crippen molar-refractivity contribution in [2.75, 3.05) is 6.54 Å². The molecule has 2 unspecified atom stereocenters. The Morgan fingerprint density at radius 1 is 1.35 bits per heavy atom. The van der Waals surface area contributed by atoms with E-state index in [1.165, 1.54) is 6.07 Å². The van der Waals surface area contributed by atoms with E-state index in [9.17, 15) is 8.78 Å². The molecule has 0 bridgehead atoms. The summed E-state index contributed by atoms with van der Waals surface area (Å²) >= 11 is 0. The van der Waals surface area contributed by atoms with E-state index in [0.29, 0.717) is 5.56 Å². The lowest BCUT2D eigenvalue weighted by atomic mass is 9.99. The zero-order valence-corrected chi connectivity index (χ0v) is 10.2. The first kappa shape index (κ1) is 12.5. The van der Waals surface area contributed by atoms with Crippen LogP contribution in [0.15, 0.2) is 18.2 Å². The number of nitrogens with zero attached hydrogens (tertiary/aromatic N) is 1. The molecule has 4 heteroatoms. The highest BCUT2D eigenvalue weighted by Gasteiger charge is 2.36. The van der Waals surface area contributed by atoms with Gasteiger partial charge in [0, 0.05) is 24.2 Å². The van der Waals surface area contributed by atoms with E-state index >= 15 is 0 Å². The first-order valence-corrected chi connectivity index (χ1v) is 5.97. The minimum Gasteiger partial charge on any atom is -0.326 e. The summed E-state index contributed by atoms with van der Waals surface area (Å²) in [6.45, 7) is 4.92. The normalized spacial score (nSPS) is 25.8. The van der Waals surface area contributed by atoms with Crippen LogP contribution in [0.1, 0.15) is 31.9 Å². The Balaban J connectivity index is 2.40. The monoisotopic (exact) mass is 240 g/mol. The van der Waals surface area contributed by atoms with E-state index < -0.39 is 11.6 Å². The van der Waals surface area contributed by atoms with Crippen LogP contribution in [0.2, 0.25) is 0 Å². The molecular formula is C13H18F2N2. The second-order valence-electron chi connectivity index (χ2n) is 4.87. The van der Waals surface area contributed by atoms with Crippen molar-refractivity contribution in [3.63, 3.8) is 0 Å². The number of benzene rings is 1. The van der Waals surface area contributed by atoms with Crippen molar-refractivity contribution >= 4 is 0 Å². The second-order valence-corrected chi connectivity index (χ2v) is 4.87. The van der Waals surface area contributed by atoms with Gasteiger partial charge in [-0.2, -0.15) is 0 Å². The maximum atomic E-state index is 13.8. The zero-order chi connectivity index (χ0) is 12.6. The van der Waals surface area contributed by atoms with E-state index in [2.05, 4.69) is 4.90 Å². The van der Waals surface area contributed by atoms with Crippen LogP contribution in [0.3, 0.4) is 0 Å². The van der Waals surface area contributed by atoms with Crippen LogP contribution in [-0.4, -0.2) is 23.5 Å². The van der Waals surface area contributed by atoms with E-state index in [4.69, 9.17) is 5.73 Å². The molecule has 1 aliphatic heterocycles. The highest BCUT2D eigenvalue weighted by Crippen LogP contribution is 2.34. The van der Waals surface area contributed by atoms with Crippen molar-refractivity contribution in [2.45, 2.75) is 38.4 Å². The molecule has 2 rings (SSSR count). The topological polar surface area (TPSA) is 29.3 Å². The highest BCUT2D eigenvalue weighted by atomic mass is 19.2. The predicted molar refractivity (Wildman–Crippen MR) is 63.5 cm³/mol. The molecule has 0 amide bonds. The smallest absolute Gasteiger partial charge is 0.163 e. The fraction of sp³-hybridized carbons (Fsp3) is 0.538. The van der Waals surface area contributed by atoms with E-state index in [1.807, 2.05) is 13.8 Å². The summed E-state index contributed by atoms with van der Waals surface area (Å²) in [7, 11) is 0. The van der Waals surface area contributed by atoms with Gasteiger partial charge < -0.3 is 5.73 Å². The Kier molecular flexibility index (Phi) is 3.45. The van der Waals surface area contributed by atoms with Crippen molar-refractivity contribution in [1.29, 1.82) is 0 Å². The molecule has 1 aromatic carbocycles. The van der Waals surface area contributed by atoms with Gasteiger partial charge in [0.05, 0.1) is 6.04 Å². The molecular weight excluding hydrogens is 222 g/mol. The lowest BCUT2D eigenvalue weighted by Gasteiger charge is -2.30.